The minimum Gasteiger partial charge on any atom is -0.380 e. The zero-order valence-corrected chi connectivity index (χ0v) is 11.8. The Morgan fingerprint density at radius 3 is 2.37 bits per heavy atom. The first-order chi connectivity index (χ1) is 9.31. The fraction of sp³-hybridized carbons (Fsp3) is 0.615. The molecule has 0 atom stereocenters. The van der Waals surface area contributed by atoms with Crippen molar-refractivity contribution in [1.82, 2.24) is 4.98 Å². The largest absolute Gasteiger partial charge is 0.380 e. The number of hydrogen-bond acceptors (Lipinski definition) is 6. The van der Waals surface area contributed by atoms with Crippen molar-refractivity contribution in [1.29, 1.82) is 0 Å². The summed E-state index contributed by atoms with van der Waals surface area (Å²) in [5.74, 6) is 6.03. The van der Waals surface area contributed by atoms with Crippen LogP contribution in [0.15, 0.2) is 18.3 Å². The molecule has 0 aliphatic rings. The Balaban J connectivity index is 2.63. The molecule has 0 aliphatic carbocycles. The third-order valence-electron chi connectivity index (χ3n) is 2.68. The predicted octanol–water partition coefficient (Wildman–Crippen LogP) is 1.25. The molecule has 0 radical (unpaired) electrons. The molecule has 0 spiro atoms. The third-order valence-corrected chi connectivity index (χ3v) is 2.68. The molecule has 6 heteroatoms. The first-order valence-corrected chi connectivity index (χ1v) is 6.64. The lowest BCUT2D eigenvalue weighted by molar-refractivity contribution is 0.141. The van der Waals surface area contributed by atoms with Crippen molar-refractivity contribution in [2.45, 2.75) is 13.8 Å². The molecule has 1 heterocycles. The standard InChI is InChI=1S/C13H24N4O2/c1-3-18-9-7-17(8-10-19-4-2)12-5-6-15-13(11-12)16-14/h5-6,11H,3-4,7-10,14H2,1-2H3,(H,15,16). The average molecular weight is 268 g/mol. The highest BCUT2D eigenvalue weighted by molar-refractivity contribution is 5.53. The van der Waals surface area contributed by atoms with Gasteiger partial charge < -0.3 is 19.8 Å². The molecule has 0 fully saturated rings. The van der Waals surface area contributed by atoms with E-state index in [1.807, 2.05) is 26.0 Å². The molecular formula is C13H24N4O2. The van der Waals surface area contributed by atoms with Crippen LogP contribution in [0.25, 0.3) is 0 Å². The number of nitrogens with zero attached hydrogens (tertiary/aromatic N) is 2. The van der Waals surface area contributed by atoms with Crippen LogP contribution in [0.3, 0.4) is 0 Å². The SMILES string of the molecule is CCOCCN(CCOCC)c1ccnc(NN)c1. The molecule has 1 aromatic rings. The Morgan fingerprint density at radius 2 is 1.84 bits per heavy atom. The molecule has 0 aliphatic heterocycles. The molecule has 6 nitrogen and oxygen atoms in total. The lowest BCUT2D eigenvalue weighted by Gasteiger charge is -2.24. The van der Waals surface area contributed by atoms with Crippen molar-refractivity contribution in [3.05, 3.63) is 18.3 Å². The summed E-state index contributed by atoms with van der Waals surface area (Å²) < 4.78 is 10.8. The van der Waals surface area contributed by atoms with Gasteiger partial charge in [0.15, 0.2) is 0 Å². The van der Waals surface area contributed by atoms with Gasteiger partial charge >= 0.3 is 0 Å². The fourth-order valence-electron chi connectivity index (χ4n) is 1.70. The van der Waals surface area contributed by atoms with E-state index < -0.39 is 0 Å². The number of anilines is 2. The molecule has 0 saturated carbocycles. The highest BCUT2D eigenvalue weighted by Crippen LogP contribution is 2.16. The highest BCUT2D eigenvalue weighted by atomic mass is 16.5. The van der Waals surface area contributed by atoms with Crippen molar-refractivity contribution >= 4 is 11.5 Å². The van der Waals surface area contributed by atoms with Crippen LogP contribution in [-0.2, 0) is 9.47 Å². The van der Waals surface area contributed by atoms with Crippen LogP contribution >= 0.6 is 0 Å². The van der Waals surface area contributed by atoms with Crippen molar-refractivity contribution in [3.63, 3.8) is 0 Å². The molecule has 3 N–H and O–H groups in total. The van der Waals surface area contributed by atoms with E-state index in [0.717, 1.165) is 32.0 Å². The molecular weight excluding hydrogens is 244 g/mol. The minimum atomic E-state index is 0.648. The number of nitrogen functional groups attached to an aromatic ring is 1. The Labute approximate surface area is 114 Å². The maximum atomic E-state index is 5.41. The van der Waals surface area contributed by atoms with Gasteiger partial charge in [0.05, 0.1) is 13.2 Å². The number of hydrazine groups is 1. The minimum absolute atomic E-state index is 0.648. The zero-order chi connectivity index (χ0) is 13.9. The molecule has 1 aromatic heterocycles. The molecule has 1 rings (SSSR count). The summed E-state index contributed by atoms with van der Waals surface area (Å²) in [5, 5.41) is 0. The van der Waals surface area contributed by atoms with Gasteiger partial charge in [0, 0.05) is 44.3 Å². The molecule has 0 unspecified atom stereocenters. The summed E-state index contributed by atoms with van der Waals surface area (Å²) in [7, 11) is 0. The molecule has 0 saturated heterocycles. The molecule has 19 heavy (non-hydrogen) atoms. The summed E-state index contributed by atoms with van der Waals surface area (Å²) >= 11 is 0. The summed E-state index contributed by atoms with van der Waals surface area (Å²) in [6.07, 6.45) is 1.74. The Bertz CT molecular complexity index is 339. The number of hydrogen-bond donors (Lipinski definition) is 2. The smallest absolute Gasteiger partial charge is 0.141 e. The molecule has 0 bridgehead atoms. The van der Waals surface area contributed by atoms with E-state index in [-0.39, 0.29) is 0 Å². The average Bonchev–Trinajstić information content (AvgIpc) is 2.46. The van der Waals surface area contributed by atoms with Gasteiger partial charge in [-0.25, -0.2) is 10.8 Å². The Morgan fingerprint density at radius 1 is 1.21 bits per heavy atom. The highest BCUT2D eigenvalue weighted by Gasteiger charge is 2.07. The van der Waals surface area contributed by atoms with Crippen LogP contribution in [-0.4, -0.2) is 44.5 Å². The van der Waals surface area contributed by atoms with E-state index in [1.165, 1.54) is 0 Å². The van der Waals surface area contributed by atoms with Crippen molar-refractivity contribution in [3.8, 4) is 0 Å². The predicted molar refractivity (Wildman–Crippen MR) is 77.2 cm³/mol. The van der Waals surface area contributed by atoms with Crippen molar-refractivity contribution in [2.24, 2.45) is 5.84 Å². The lowest BCUT2D eigenvalue weighted by atomic mass is 10.3. The van der Waals surface area contributed by atoms with Gasteiger partial charge in [-0.15, -0.1) is 0 Å². The van der Waals surface area contributed by atoms with Crippen LogP contribution in [0.4, 0.5) is 11.5 Å². The van der Waals surface area contributed by atoms with Crippen LogP contribution in [0.1, 0.15) is 13.8 Å². The van der Waals surface area contributed by atoms with Crippen LogP contribution in [0, 0.1) is 0 Å². The van der Waals surface area contributed by atoms with Crippen molar-refractivity contribution in [2.75, 3.05) is 49.8 Å². The van der Waals surface area contributed by atoms with Gasteiger partial charge in [-0.2, -0.15) is 0 Å². The maximum absolute atomic E-state index is 5.41. The van der Waals surface area contributed by atoms with Crippen LogP contribution < -0.4 is 16.2 Å². The maximum Gasteiger partial charge on any atom is 0.141 e. The van der Waals surface area contributed by atoms with E-state index >= 15 is 0 Å². The topological polar surface area (TPSA) is 72.6 Å². The van der Waals surface area contributed by atoms with Gasteiger partial charge in [-0.3, -0.25) is 0 Å². The second-order valence-corrected chi connectivity index (χ2v) is 3.92. The van der Waals surface area contributed by atoms with Gasteiger partial charge in [-0.05, 0) is 19.9 Å². The number of rotatable bonds is 10. The monoisotopic (exact) mass is 268 g/mol. The van der Waals surface area contributed by atoms with Crippen molar-refractivity contribution < 1.29 is 9.47 Å². The zero-order valence-electron chi connectivity index (χ0n) is 11.8. The van der Waals surface area contributed by atoms with Gasteiger partial charge in [0.1, 0.15) is 5.82 Å². The Hall–Kier alpha value is -1.37. The molecule has 0 amide bonds. The second-order valence-electron chi connectivity index (χ2n) is 3.92. The van der Waals surface area contributed by atoms with E-state index in [0.29, 0.717) is 19.0 Å². The number of nitrogens with two attached hydrogens (primary N) is 1. The second kappa shape index (κ2) is 9.55. The first-order valence-electron chi connectivity index (χ1n) is 6.64. The van der Waals surface area contributed by atoms with E-state index in [9.17, 15) is 0 Å². The lowest BCUT2D eigenvalue weighted by Crippen LogP contribution is -2.31. The van der Waals surface area contributed by atoms with Crippen LogP contribution in [0.2, 0.25) is 0 Å². The number of pyridine rings is 1. The third kappa shape index (κ3) is 5.87. The summed E-state index contributed by atoms with van der Waals surface area (Å²) in [6.45, 7) is 8.45. The van der Waals surface area contributed by atoms with E-state index in [4.69, 9.17) is 15.3 Å². The molecule has 108 valence electrons. The summed E-state index contributed by atoms with van der Waals surface area (Å²) in [6, 6.07) is 3.87. The summed E-state index contributed by atoms with van der Waals surface area (Å²) in [5.41, 5.74) is 3.61. The normalized spacial score (nSPS) is 10.5. The van der Waals surface area contributed by atoms with Gasteiger partial charge in [0.25, 0.3) is 0 Å². The fourth-order valence-corrected chi connectivity index (χ4v) is 1.70. The van der Waals surface area contributed by atoms with E-state index in [2.05, 4.69) is 15.3 Å². The molecule has 0 aromatic carbocycles. The quantitative estimate of drug-likeness (QED) is 0.378. The first kappa shape index (κ1) is 15.7. The number of nitrogens with one attached hydrogen (secondary N) is 1. The van der Waals surface area contributed by atoms with Gasteiger partial charge in [-0.1, -0.05) is 0 Å². The number of ether oxygens (including phenoxy) is 2. The van der Waals surface area contributed by atoms with Gasteiger partial charge in [0.2, 0.25) is 0 Å². The Kier molecular flexibility index (Phi) is 7.88. The van der Waals surface area contributed by atoms with Crippen LogP contribution in [0.5, 0.6) is 0 Å². The van der Waals surface area contributed by atoms with E-state index in [1.54, 1.807) is 6.20 Å². The number of aromatic nitrogens is 1. The summed E-state index contributed by atoms with van der Waals surface area (Å²) in [4.78, 5) is 6.31.